The minimum absolute atomic E-state index is 0.217. The summed E-state index contributed by atoms with van der Waals surface area (Å²) in [7, 11) is -5.24. The molecule has 0 aliphatic heterocycles. The van der Waals surface area contributed by atoms with Crippen molar-refractivity contribution in [2.45, 2.75) is 130 Å². The molecule has 0 aliphatic carbocycles. The highest BCUT2D eigenvalue weighted by molar-refractivity contribution is 7.99. The van der Waals surface area contributed by atoms with Gasteiger partial charge in [-0.3, -0.25) is 9.59 Å². The summed E-state index contributed by atoms with van der Waals surface area (Å²) >= 11 is 1.58. The number of aryl methyl sites for hydroxylation is 2. The van der Waals surface area contributed by atoms with Crippen LogP contribution in [0.25, 0.3) is 0 Å². The van der Waals surface area contributed by atoms with Crippen LogP contribution in [-0.4, -0.2) is 76.2 Å². The predicted molar refractivity (Wildman–Crippen MR) is 214 cm³/mol. The first-order chi connectivity index (χ1) is 24.0. The van der Waals surface area contributed by atoms with Crippen molar-refractivity contribution in [1.29, 1.82) is 0 Å². The number of phenolic OH excluding ortho intramolecular Hbond substituents is 2. The summed E-state index contributed by atoms with van der Waals surface area (Å²) in [4.78, 5) is 68.2. The Kier molecular flexibility index (Phi) is 21.6. The van der Waals surface area contributed by atoms with E-state index < -0.39 is 17.2 Å². The largest absolute Gasteiger partial charge is 0.507 e. The van der Waals surface area contributed by atoms with Crippen LogP contribution in [0, 0.1) is 0 Å². The van der Waals surface area contributed by atoms with Gasteiger partial charge in [-0.2, -0.15) is 11.8 Å². The van der Waals surface area contributed by atoms with E-state index in [9.17, 15) is 19.8 Å². The molecule has 0 bridgehead atoms. The lowest BCUT2D eigenvalue weighted by atomic mass is 9.78. The van der Waals surface area contributed by atoms with Crippen LogP contribution < -0.4 is 0 Å². The van der Waals surface area contributed by atoms with E-state index in [2.05, 4.69) is 83.1 Å². The van der Waals surface area contributed by atoms with Crippen LogP contribution in [0.4, 0.5) is 0 Å². The fraction of sp³-hybridized carbons (Fsp3) is 0.632. The number of carbonyl (C=O) groups excluding carboxylic acids is 2. The molecule has 0 atom stereocenters. The summed E-state index contributed by atoms with van der Waals surface area (Å²) < 4.78 is 10.9. The summed E-state index contributed by atoms with van der Waals surface area (Å²) in [6, 6.07) is 8.02. The molecule has 2 aromatic rings. The van der Waals surface area contributed by atoms with Gasteiger partial charge in [0.05, 0.1) is 0 Å². The average molecular weight is 807 g/mol. The molecular weight excluding hydrogens is 742 g/mol. The fourth-order valence-electron chi connectivity index (χ4n) is 5.13. The molecule has 0 spiro atoms. The highest BCUT2D eigenvalue weighted by Gasteiger charge is 2.28. The lowest BCUT2D eigenvalue weighted by Gasteiger charge is -2.28. The Bertz CT molecular complexity index is 1250. The number of hydrogen-bond donors (Lipinski definition) is 8. The standard InChI is InChI=1S/C38H58O6S.2H3O3P/c1-35(2,3)27-21-25(22-28(33(27)41)36(4,5)6)13-15-31(39)43-17-19-45-20-18-44-32(40)16-14-26-23-29(37(7,8)9)34(42)30(24-26)38(10,11)12;2*1-4(2)3/h21-24,41-42H,13-20H2,1-12H3;2*1-3H. The van der Waals surface area contributed by atoms with Crippen LogP contribution >= 0.6 is 29.0 Å². The molecule has 0 saturated heterocycles. The van der Waals surface area contributed by atoms with E-state index in [1.165, 1.54) is 0 Å². The summed E-state index contributed by atoms with van der Waals surface area (Å²) in [6.07, 6.45) is 1.65. The van der Waals surface area contributed by atoms with Crippen molar-refractivity contribution in [3.05, 3.63) is 57.6 Å². The normalized spacial score (nSPS) is 12.2. The van der Waals surface area contributed by atoms with Gasteiger partial charge in [-0.25, -0.2) is 0 Å². The molecule has 2 aromatic carbocycles. The topological polar surface area (TPSA) is 214 Å². The Morgan fingerprint density at radius 1 is 0.528 bits per heavy atom. The second-order valence-corrected chi connectivity index (χ2v) is 19.0. The van der Waals surface area contributed by atoms with Gasteiger partial charge >= 0.3 is 29.1 Å². The molecule has 2 rings (SSSR count). The van der Waals surface area contributed by atoms with Gasteiger partial charge in [-0.05, 0) is 67.9 Å². The molecule has 53 heavy (non-hydrogen) atoms. The Morgan fingerprint density at radius 2 is 0.755 bits per heavy atom. The number of carbonyl (C=O) groups is 2. The van der Waals surface area contributed by atoms with Crippen LogP contribution in [0.3, 0.4) is 0 Å². The van der Waals surface area contributed by atoms with Gasteiger partial charge in [0, 0.05) is 24.3 Å². The van der Waals surface area contributed by atoms with Gasteiger partial charge in [0.2, 0.25) is 0 Å². The highest BCUT2D eigenvalue weighted by atomic mass is 32.2. The number of benzene rings is 2. The van der Waals surface area contributed by atoms with Crippen molar-refractivity contribution >= 4 is 40.9 Å². The number of thioether (sulfide) groups is 1. The maximum atomic E-state index is 12.4. The number of esters is 2. The minimum Gasteiger partial charge on any atom is -0.507 e. The smallest absolute Gasteiger partial charge is 0.324 e. The zero-order valence-electron chi connectivity index (χ0n) is 33.5. The summed E-state index contributed by atoms with van der Waals surface area (Å²) in [6.45, 7) is 25.5. The van der Waals surface area contributed by atoms with Gasteiger partial charge in [-0.1, -0.05) is 107 Å². The lowest BCUT2D eigenvalue weighted by Crippen LogP contribution is -2.18. The molecule has 0 radical (unpaired) electrons. The first-order valence-electron chi connectivity index (χ1n) is 17.3. The van der Waals surface area contributed by atoms with Crippen LogP contribution in [0.2, 0.25) is 0 Å². The van der Waals surface area contributed by atoms with Crippen LogP contribution in [0.15, 0.2) is 24.3 Å². The average Bonchev–Trinajstić information content (AvgIpc) is 2.96. The second-order valence-electron chi connectivity index (χ2n) is 16.7. The van der Waals surface area contributed by atoms with Crippen molar-refractivity contribution in [3.63, 3.8) is 0 Å². The van der Waals surface area contributed by atoms with Gasteiger partial charge in [0.1, 0.15) is 24.7 Å². The third kappa shape index (κ3) is 21.0. The summed E-state index contributed by atoms with van der Waals surface area (Å²) in [5, 5.41) is 21.8. The second kappa shape index (κ2) is 22.5. The SMILES string of the molecule is CC(C)(C)c1cc(CCC(=O)OCCSCCOC(=O)CCc2cc(C(C)(C)C)c(O)c(C(C)(C)C)c2)cc(C(C)(C)C)c1O.OP(O)O.OP(O)O. The molecule has 0 amide bonds. The van der Waals surface area contributed by atoms with Gasteiger partial charge in [0.25, 0.3) is 0 Å². The molecular formula is C38H64O12P2S. The third-order valence-corrected chi connectivity index (χ3v) is 8.70. The van der Waals surface area contributed by atoms with E-state index in [0.717, 1.165) is 33.4 Å². The molecule has 0 unspecified atom stereocenters. The predicted octanol–water partition coefficient (Wildman–Crippen LogP) is 7.05. The van der Waals surface area contributed by atoms with E-state index >= 15 is 0 Å². The number of ether oxygens (including phenoxy) is 2. The van der Waals surface area contributed by atoms with E-state index in [1.807, 2.05) is 24.3 Å². The minimum atomic E-state index is -2.62. The van der Waals surface area contributed by atoms with E-state index in [4.69, 9.17) is 38.8 Å². The molecule has 8 N–H and O–H groups in total. The Hall–Kier alpha value is -2.05. The van der Waals surface area contributed by atoms with Crippen LogP contribution in [0.1, 0.15) is 129 Å². The van der Waals surface area contributed by atoms with Gasteiger partial charge in [0.15, 0.2) is 0 Å². The Labute approximate surface area is 323 Å². The molecule has 0 saturated carbocycles. The molecule has 0 aromatic heterocycles. The lowest BCUT2D eigenvalue weighted by molar-refractivity contribution is -0.143. The molecule has 0 heterocycles. The van der Waals surface area contributed by atoms with E-state index in [-0.39, 0.29) is 46.4 Å². The molecule has 304 valence electrons. The maximum absolute atomic E-state index is 12.4. The zero-order valence-corrected chi connectivity index (χ0v) is 36.1. The molecule has 12 nitrogen and oxygen atoms in total. The van der Waals surface area contributed by atoms with Crippen molar-refractivity contribution in [2.75, 3.05) is 24.7 Å². The van der Waals surface area contributed by atoms with Crippen molar-refractivity contribution in [1.82, 2.24) is 0 Å². The van der Waals surface area contributed by atoms with Gasteiger partial charge in [-0.15, -0.1) is 0 Å². The van der Waals surface area contributed by atoms with Crippen molar-refractivity contribution in [3.8, 4) is 11.5 Å². The Morgan fingerprint density at radius 3 is 0.962 bits per heavy atom. The maximum Gasteiger partial charge on any atom is 0.324 e. The summed E-state index contributed by atoms with van der Waals surface area (Å²) in [5.41, 5.74) is 4.73. The van der Waals surface area contributed by atoms with E-state index in [0.29, 0.717) is 49.1 Å². The molecule has 0 fully saturated rings. The number of hydrogen-bond acceptors (Lipinski definition) is 13. The number of phenols is 2. The number of aromatic hydroxyl groups is 2. The first-order valence-corrected chi connectivity index (χ1v) is 20.9. The quantitative estimate of drug-likeness (QED) is 0.0614. The first kappa shape index (κ1) is 51.0. The van der Waals surface area contributed by atoms with E-state index in [1.54, 1.807) is 11.8 Å². The van der Waals surface area contributed by atoms with Crippen molar-refractivity contribution < 1.29 is 58.6 Å². The van der Waals surface area contributed by atoms with Crippen molar-refractivity contribution in [2.24, 2.45) is 0 Å². The zero-order chi connectivity index (χ0) is 41.5. The Balaban J connectivity index is 0.00000305. The number of rotatable bonds is 12. The van der Waals surface area contributed by atoms with Crippen LogP contribution in [-0.2, 0) is 53.6 Å². The molecule has 0 aliphatic rings. The van der Waals surface area contributed by atoms with Gasteiger partial charge < -0.3 is 49.0 Å². The monoisotopic (exact) mass is 806 g/mol. The summed E-state index contributed by atoms with van der Waals surface area (Å²) in [5.74, 6) is 1.44. The highest BCUT2D eigenvalue weighted by Crippen LogP contribution is 2.41. The van der Waals surface area contributed by atoms with Crippen LogP contribution in [0.5, 0.6) is 11.5 Å². The third-order valence-electron chi connectivity index (χ3n) is 7.79. The fourth-order valence-corrected chi connectivity index (χ4v) is 5.74. The molecule has 15 heteroatoms.